The molecule has 1 rings (SSSR count). The van der Waals surface area contributed by atoms with Crippen molar-refractivity contribution in [2.24, 2.45) is 0 Å². The van der Waals surface area contributed by atoms with Crippen LogP contribution < -0.4 is 5.32 Å². The molecular weight excluding hydrogens is 262 g/mol. The minimum atomic E-state index is -4.66. The van der Waals surface area contributed by atoms with Gasteiger partial charge in [-0.25, -0.2) is 4.39 Å². The van der Waals surface area contributed by atoms with E-state index < -0.39 is 17.6 Å². The maximum absolute atomic E-state index is 13.1. The molecule has 0 aliphatic rings. The first kappa shape index (κ1) is 15.9. The van der Waals surface area contributed by atoms with Crippen molar-refractivity contribution in [2.75, 3.05) is 13.7 Å². The van der Waals surface area contributed by atoms with Crippen molar-refractivity contribution in [2.45, 2.75) is 32.1 Å². The monoisotopic (exact) mass is 279 g/mol. The molecule has 1 aromatic rings. The van der Waals surface area contributed by atoms with Crippen LogP contribution in [0.3, 0.4) is 0 Å². The Kier molecular flexibility index (Phi) is 5.75. The van der Waals surface area contributed by atoms with E-state index in [0.717, 1.165) is 18.6 Å². The number of methoxy groups -OCH3 is 1. The van der Waals surface area contributed by atoms with Crippen LogP contribution >= 0.6 is 0 Å². The fraction of sp³-hybridized carbons (Fsp3) is 0.538. The summed E-state index contributed by atoms with van der Waals surface area (Å²) in [7, 11) is 1.59. The molecule has 0 fully saturated rings. The SMILES string of the molecule is COCCC(C)NCc1ccc(F)c(C(F)(F)F)c1. The average molecular weight is 279 g/mol. The van der Waals surface area contributed by atoms with Crippen LogP contribution in [-0.2, 0) is 17.5 Å². The van der Waals surface area contributed by atoms with E-state index in [-0.39, 0.29) is 12.6 Å². The van der Waals surface area contributed by atoms with Crippen LogP contribution in [-0.4, -0.2) is 19.8 Å². The quantitative estimate of drug-likeness (QED) is 0.806. The average Bonchev–Trinajstić information content (AvgIpc) is 2.34. The summed E-state index contributed by atoms with van der Waals surface area (Å²) in [6.45, 7) is 2.74. The third kappa shape index (κ3) is 5.16. The highest BCUT2D eigenvalue weighted by Crippen LogP contribution is 2.31. The van der Waals surface area contributed by atoms with Gasteiger partial charge < -0.3 is 10.1 Å². The normalized spacial score (nSPS) is 13.6. The van der Waals surface area contributed by atoms with E-state index in [1.807, 2.05) is 6.92 Å². The summed E-state index contributed by atoms with van der Waals surface area (Å²) in [6, 6.07) is 3.14. The van der Waals surface area contributed by atoms with Crippen molar-refractivity contribution in [1.82, 2.24) is 5.32 Å². The Balaban J connectivity index is 2.65. The zero-order valence-electron chi connectivity index (χ0n) is 10.9. The van der Waals surface area contributed by atoms with E-state index >= 15 is 0 Å². The molecule has 0 aliphatic heterocycles. The Labute approximate surface area is 109 Å². The van der Waals surface area contributed by atoms with Crippen LogP contribution in [0.25, 0.3) is 0 Å². The Morgan fingerprint density at radius 3 is 2.58 bits per heavy atom. The molecule has 108 valence electrons. The molecule has 0 radical (unpaired) electrons. The molecule has 0 aliphatic carbocycles. The number of alkyl halides is 3. The van der Waals surface area contributed by atoms with Gasteiger partial charge in [0.2, 0.25) is 0 Å². The number of benzene rings is 1. The lowest BCUT2D eigenvalue weighted by Crippen LogP contribution is -2.26. The van der Waals surface area contributed by atoms with Gasteiger partial charge in [0.15, 0.2) is 0 Å². The molecule has 2 nitrogen and oxygen atoms in total. The molecular formula is C13H17F4NO. The molecule has 0 amide bonds. The molecule has 1 N–H and O–H groups in total. The van der Waals surface area contributed by atoms with Gasteiger partial charge in [-0.3, -0.25) is 0 Å². The molecule has 1 unspecified atom stereocenters. The summed E-state index contributed by atoms with van der Waals surface area (Å²) >= 11 is 0. The van der Waals surface area contributed by atoms with Crippen molar-refractivity contribution in [3.8, 4) is 0 Å². The highest BCUT2D eigenvalue weighted by Gasteiger charge is 2.34. The van der Waals surface area contributed by atoms with Crippen molar-refractivity contribution >= 4 is 0 Å². The highest BCUT2D eigenvalue weighted by atomic mass is 19.4. The van der Waals surface area contributed by atoms with Crippen LogP contribution in [0.1, 0.15) is 24.5 Å². The zero-order chi connectivity index (χ0) is 14.5. The third-order valence-corrected chi connectivity index (χ3v) is 2.75. The van der Waals surface area contributed by atoms with Crippen molar-refractivity contribution < 1.29 is 22.3 Å². The third-order valence-electron chi connectivity index (χ3n) is 2.75. The van der Waals surface area contributed by atoms with Gasteiger partial charge in [-0.15, -0.1) is 0 Å². The Morgan fingerprint density at radius 2 is 2.00 bits per heavy atom. The van der Waals surface area contributed by atoms with E-state index in [0.29, 0.717) is 12.2 Å². The maximum atomic E-state index is 13.1. The molecule has 19 heavy (non-hydrogen) atoms. The lowest BCUT2D eigenvalue weighted by atomic mass is 10.1. The first-order chi connectivity index (χ1) is 8.84. The van der Waals surface area contributed by atoms with Gasteiger partial charge in [-0.2, -0.15) is 13.2 Å². The lowest BCUT2D eigenvalue weighted by molar-refractivity contribution is -0.140. The van der Waals surface area contributed by atoms with Crippen LogP contribution in [0.5, 0.6) is 0 Å². The standard InChI is InChI=1S/C13H17F4NO/c1-9(5-6-19-2)18-8-10-3-4-12(14)11(7-10)13(15,16)17/h3-4,7,9,18H,5-6,8H2,1-2H3. The maximum Gasteiger partial charge on any atom is 0.419 e. The fourth-order valence-corrected chi connectivity index (χ4v) is 1.59. The molecule has 1 aromatic carbocycles. The minimum Gasteiger partial charge on any atom is -0.385 e. The zero-order valence-corrected chi connectivity index (χ0v) is 10.9. The Morgan fingerprint density at radius 1 is 1.32 bits per heavy atom. The van der Waals surface area contributed by atoms with Gasteiger partial charge in [0, 0.05) is 26.3 Å². The number of hydrogen-bond acceptors (Lipinski definition) is 2. The first-order valence-electron chi connectivity index (χ1n) is 5.92. The van der Waals surface area contributed by atoms with E-state index in [1.54, 1.807) is 7.11 Å². The van der Waals surface area contributed by atoms with Crippen molar-refractivity contribution in [3.63, 3.8) is 0 Å². The first-order valence-corrected chi connectivity index (χ1v) is 5.92. The molecule has 0 saturated heterocycles. The van der Waals surface area contributed by atoms with Gasteiger partial charge in [0.1, 0.15) is 5.82 Å². The van der Waals surface area contributed by atoms with E-state index in [9.17, 15) is 17.6 Å². The molecule has 0 heterocycles. The molecule has 1 atom stereocenters. The number of hydrogen-bond donors (Lipinski definition) is 1. The number of nitrogens with one attached hydrogen (secondary N) is 1. The van der Waals surface area contributed by atoms with E-state index in [1.165, 1.54) is 6.07 Å². The van der Waals surface area contributed by atoms with Gasteiger partial charge in [-0.1, -0.05) is 6.07 Å². The van der Waals surface area contributed by atoms with Crippen LogP contribution in [0.15, 0.2) is 18.2 Å². The summed E-state index contributed by atoms with van der Waals surface area (Å²) in [5.74, 6) is -1.25. The largest absolute Gasteiger partial charge is 0.419 e. The van der Waals surface area contributed by atoms with Crippen LogP contribution in [0.4, 0.5) is 17.6 Å². The summed E-state index contributed by atoms with van der Waals surface area (Å²) in [5.41, 5.74) is -0.825. The molecule has 0 saturated carbocycles. The predicted octanol–water partition coefficient (Wildman–Crippen LogP) is 3.36. The predicted molar refractivity (Wildman–Crippen MR) is 64.2 cm³/mol. The van der Waals surface area contributed by atoms with Gasteiger partial charge >= 0.3 is 6.18 Å². The van der Waals surface area contributed by atoms with Gasteiger partial charge in [0.25, 0.3) is 0 Å². The molecule has 0 spiro atoms. The molecule has 6 heteroatoms. The topological polar surface area (TPSA) is 21.3 Å². The summed E-state index contributed by atoms with van der Waals surface area (Å²) in [4.78, 5) is 0. The van der Waals surface area contributed by atoms with Gasteiger partial charge in [0.05, 0.1) is 5.56 Å². The van der Waals surface area contributed by atoms with Gasteiger partial charge in [-0.05, 0) is 31.0 Å². The lowest BCUT2D eigenvalue weighted by Gasteiger charge is -2.14. The summed E-state index contributed by atoms with van der Waals surface area (Å²) < 4.78 is 55.5. The fourth-order valence-electron chi connectivity index (χ4n) is 1.59. The van der Waals surface area contributed by atoms with E-state index in [4.69, 9.17) is 4.74 Å². The highest BCUT2D eigenvalue weighted by molar-refractivity contribution is 5.27. The summed E-state index contributed by atoms with van der Waals surface area (Å²) in [5, 5.41) is 3.06. The number of halogens is 4. The smallest absolute Gasteiger partial charge is 0.385 e. The second-order valence-corrected chi connectivity index (χ2v) is 4.38. The Bertz CT molecular complexity index is 406. The van der Waals surface area contributed by atoms with Crippen LogP contribution in [0, 0.1) is 5.82 Å². The second kappa shape index (κ2) is 6.86. The molecule has 0 bridgehead atoms. The second-order valence-electron chi connectivity index (χ2n) is 4.38. The van der Waals surface area contributed by atoms with Crippen molar-refractivity contribution in [3.05, 3.63) is 35.1 Å². The molecule has 0 aromatic heterocycles. The Hall–Kier alpha value is -1.14. The van der Waals surface area contributed by atoms with Crippen molar-refractivity contribution in [1.29, 1.82) is 0 Å². The summed E-state index contributed by atoms with van der Waals surface area (Å²) in [6.07, 6.45) is -3.91. The number of rotatable bonds is 6. The van der Waals surface area contributed by atoms with Crippen LogP contribution in [0.2, 0.25) is 0 Å². The minimum absolute atomic E-state index is 0.110. The number of ether oxygens (including phenoxy) is 1. The van der Waals surface area contributed by atoms with E-state index in [2.05, 4.69) is 5.32 Å².